The Morgan fingerprint density at radius 1 is 0.879 bits per heavy atom. The van der Waals surface area contributed by atoms with Gasteiger partial charge in [0.2, 0.25) is 0 Å². The van der Waals surface area contributed by atoms with Gasteiger partial charge in [-0.05, 0) is 43.3 Å². The minimum Gasteiger partial charge on any atom is -0.396 e. The van der Waals surface area contributed by atoms with E-state index in [1.807, 2.05) is 49.4 Å². The number of hydrogen-bond donors (Lipinski definition) is 3. The summed E-state index contributed by atoms with van der Waals surface area (Å²) in [7, 11) is 0. The van der Waals surface area contributed by atoms with Crippen LogP contribution in [-0.4, -0.2) is 11.7 Å². The fraction of sp³-hybridized carbons (Fsp3) is 0.0385. The number of nitrogen functional groups attached to an aromatic ring is 1. The monoisotopic (exact) mass is 452 g/mol. The Balaban J connectivity index is 1.51. The molecule has 0 radical (unpaired) electrons. The molecule has 1 amide bonds. The molecule has 0 aliphatic rings. The second-order valence-electron chi connectivity index (χ2n) is 7.38. The lowest BCUT2D eigenvalue weighted by Crippen LogP contribution is -2.12. The van der Waals surface area contributed by atoms with Crippen LogP contribution in [0.2, 0.25) is 0 Å². The topological polar surface area (TPSA) is 108 Å². The maximum Gasteiger partial charge on any atom is 0.267 e. The summed E-state index contributed by atoms with van der Waals surface area (Å²) in [5, 5.41) is 16.0. The predicted molar refractivity (Wildman–Crippen MR) is 132 cm³/mol. The molecule has 4 rings (SSSR count). The molecule has 1 heterocycles. The van der Waals surface area contributed by atoms with Crippen LogP contribution in [0.5, 0.6) is 0 Å². The summed E-state index contributed by atoms with van der Waals surface area (Å²) in [6.07, 6.45) is 0. The highest BCUT2D eigenvalue weighted by atomic mass is 32.1. The molecule has 0 bridgehead atoms. The van der Waals surface area contributed by atoms with Crippen LogP contribution in [0.3, 0.4) is 0 Å². The zero-order chi connectivity index (χ0) is 23.4. The molecule has 0 fully saturated rings. The molecule has 1 aromatic heterocycles. The van der Waals surface area contributed by atoms with Gasteiger partial charge in [-0.1, -0.05) is 48.0 Å². The van der Waals surface area contributed by atoms with E-state index in [0.29, 0.717) is 21.8 Å². The highest BCUT2D eigenvalue weighted by Gasteiger charge is 2.21. The molecule has 0 saturated heterocycles. The van der Waals surface area contributed by atoms with Crippen molar-refractivity contribution in [1.82, 2.24) is 0 Å². The van der Waals surface area contributed by atoms with Gasteiger partial charge in [-0.2, -0.15) is 5.26 Å². The van der Waals surface area contributed by atoms with Gasteiger partial charge in [0.1, 0.15) is 21.5 Å². The Bertz CT molecular complexity index is 1350. The molecule has 0 spiro atoms. The normalized spacial score (nSPS) is 10.3. The van der Waals surface area contributed by atoms with Gasteiger partial charge in [0, 0.05) is 22.5 Å². The van der Waals surface area contributed by atoms with Crippen molar-refractivity contribution in [3.63, 3.8) is 0 Å². The summed E-state index contributed by atoms with van der Waals surface area (Å²) >= 11 is 1.12. The Kier molecular flexibility index (Phi) is 6.20. The van der Waals surface area contributed by atoms with Gasteiger partial charge in [0.05, 0.1) is 5.69 Å². The highest BCUT2D eigenvalue weighted by molar-refractivity contribution is 7.19. The van der Waals surface area contributed by atoms with E-state index in [2.05, 4.69) is 16.7 Å². The van der Waals surface area contributed by atoms with Crippen molar-refractivity contribution in [2.24, 2.45) is 0 Å². The van der Waals surface area contributed by atoms with Crippen LogP contribution in [0, 0.1) is 18.3 Å². The Morgan fingerprint density at radius 3 is 2.12 bits per heavy atom. The molecular weight excluding hydrogens is 432 g/mol. The summed E-state index contributed by atoms with van der Waals surface area (Å²) in [6.45, 7) is 1.99. The van der Waals surface area contributed by atoms with Gasteiger partial charge in [0.15, 0.2) is 5.78 Å². The number of amides is 1. The summed E-state index contributed by atoms with van der Waals surface area (Å²) in [5.74, 6) is -0.519. The number of aryl methyl sites for hydroxylation is 1. The van der Waals surface area contributed by atoms with E-state index in [9.17, 15) is 14.9 Å². The Morgan fingerprint density at radius 2 is 1.48 bits per heavy atom. The number of nitriles is 1. The molecule has 0 aliphatic heterocycles. The second kappa shape index (κ2) is 9.39. The third-order valence-corrected chi connectivity index (χ3v) is 6.13. The van der Waals surface area contributed by atoms with Crippen LogP contribution in [0.15, 0.2) is 78.9 Å². The maximum atomic E-state index is 12.9. The quantitative estimate of drug-likeness (QED) is 0.323. The Labute approximate surface area is 195 Å². The lowest BCUT2D eigenvalue weighted by molar-refractivity contribution is 0.102. The van der Waals surface area contributed by atoms with E-state index >= 15 is 0 Å². The molecule has 4 aromatic rings. The lowest BCUT2D eigenvalue weighted by atomic mass is 10.0. The summed E-state index contributed by atoms with van der Waals surface area (Å²) in [5.41, 5.74) is 10.0. The molecule has 0 atom stereocenters. The van der Waals surface area contributed by atoms with Crippen molar-refractivity contribution in [3.05, 3.63) is 106 Å². The van der Waals surface area contributed by atoms with E-state index in [4.69, 9.17) is 5.73 Å². The molecule has 162 valence electrons. The number of hydrogen-bond acceptors (Lipinski definition) is 6. The molecule has 0 aliphatic carbocycles. The number of anilines is 4. The first-order chi connectivity index (χ1) is 16.0. The van der Waals surface area contributed by atoms with Crippen molar-refractivity contribution < 1.29 is 9.59 Å². The summed E-state index contributed by atoms with van der Waals surface area (Å²) in [4.78, 5) is 25.7. The van der Waals surface area contributed by atoms with Crippen molar-refractivity contribution >= 4 is 45.1 Å². The van der Waals surface area contributed by atoms with Gasteiger partial charge in [-0.3, -0.25) is 9.59 Å². The largest absolute Gasteiger partial charge is 0.396 e. The fourth-order valence-corrected chi connectivity index (χ4v) is 4.21. The van der Waals surface area contributed by atoms with Crippen LogP contribution < -0.4 is 16.4 Å². The van der Waals surface area contributed by atoms with E-state index in [-0.39, 0.29) is 21.9 Å². The minimum absolute atomic E-state index is 0.0959. The maximum absolute atomic E-state index is 12.9. The van der Waals surface area contributed by atoms with Gasteiger partial charge < -0.3 is 16.4 Å². The number of ketones is 1. The van der Waals surface area contributed by atoms with Gasteiger partial charge in [0.25, 0.3) is 5.91 Å². The minimum atomic E-state index is -0.423. The molecule has 0 saturated carbocycles. The lowest BCUT2D eigenvalue weighted by Gasteiger charge is -2.06. The molecule has 4 N–H and O–H groups in total. The molecule has 3 aromatic carbocycles. The number of carbonyl (C=O) groups excluding carboxylic acids is 2. The first-order valence-electron chi connectivity index (χ1n) is 10.1. The average Bonchev–Trinajstić information content (AvgIpc) is 3.16. The smallest absolute Gasteiger partial charge is 0.267 e. The van der Waals surface area contributed by atoms with Gasteiger partial charge in [-0.15, -0.1) is 11.3 Å². The third kappa shape index (κ3) is 4.76. The second-order valence-corrected chi connectivity index (χ2v) is 8.40. The van der Waals surface area contributed by atoms with Crippen molar-refractivity contribution in [3.8, 4) is 6.07 Å². The van der Waals surface area contributed by atoms with Gasteiger partial charge >= 0.3 is 0 Å². The SMILES string of the molecule is Cc1ccc(Nc2sc(C(=O)Nc3ccc(C(=O)c4ccccc4)cc3)c(N)c2C#N)cc1. The van der Waals surface area contributed by atoms with Crippen LogP contribution in [0.25, 0.3) is 0 Å². The Hall–Kier alpha value is -4.41. The highest BCUT2D eigenvalue weighted by Crippen LogP contribution is 2.37. The summed E-state index contributed by atoms with van der Waals surface area (Å²) in [6, 6.07) is 25.4. The van der Waals surface area contributed by atoms with Crippen LogP contribution in [-0.2, 0) is 0 Å². The number of nitrogens with one attached hydrogen (secondary N) is 2. The van der Waals surface area contributed by atoms with Gasteiger partial charge in [-0.25, -0.2) is 0 Å². The number of rotatable bonds is 6. The molecule has 0 unspecified atom stereocenters. The zero-order valence-corrected chi connectivity index (χ0v) is 18.6. The molecule has 7 heteroatoms. The number of benzene rings is 3. The van der Waals surface area contributed by atoms with Crippen molar-refractivity contribution in [1.29, 1.82) is 5.26 Å². The van der Waals surface area contributed by atoms with E-state index in [0.717, 1.165) is 22.6 Å². The number of carbonyl (C=O) groups is 2. The van der Waals surface area contributed by atoms with Crippen LogP contribution in [0.1, 0.15) is 36.7 Å². The van der Waals surface area contributed by atoms with E-state index in [1.54, 1.807) is 36.4 Å². The fourth-order valence-electron chi connectivity index (χ4n) is 3.23. The molecule has 33 heavy (non-hydrogen) atoms. The van der Waals surface area contributed by atoms with Crippen LogP contribution >= 0.6 is 11.3 Å². The molecule has 6 nitrogen and oxygen atoms in total. The van der Waals surface area contributed by atoms with Crippen molar-refractivity contribution in [2.75, 3.05) is 16.4 Å². The summed E-state index contributed by atoms with van der Waals surface area (Å²) < 4.78 is 0. The van der Waals surface area contributed by atoms with Crippen molar-refractivity contribution in [2.45, 2.75) is 6.92 Å². The standard InChI is InChI=1S/C26H20N4O2S/c1-16-7-11-20(12-8-16)30-26-21(15-27)22(28)24(33-26)25(32)29-19-13-9-18(10-14-19)23(31)17-5-3-2-4-6-17/h2-14,30H,28H2,1H3,(H,29,32). The number of nitrogens with zero attached hydrogens (tertiary/aromatic N) is 1. The predicted octanol–water partition coefficient (Wildman–Crippen LogP) is 5.74. The molecular formula is C26H20N4O2S. The first-order valence-corrected chi connectivity index (χ1v) is 10.9. The zero-order valence-electron chi connectivity index (χ0n) is 17.8. The third-order valence-electron chi connectivity index (χ3n) is 5.01. The average molecular weight is 453 g/mol. The van der Waals surface area contributed by atoms with E-state index in [1.165, 1.54) is 0 Å². The van der Waals surface area contributed by atoms with E-state index < -0.39 is 5.91 Å². The van der Waals surface area contributed by atoms with Crippen LogP contribution in [0.4, 0.5) is 22.1 Å². The number of nitrogens with two attached hydrogens (primary N) is 1. The number of thiophene rings is 1. The first kappa shape index (κ1) is 21.8.